The molecule has 0 unspecified atom stereocenters. The Kier molecular flexibility index (Phi) is 6.28. The molecule has 1 heterocycles. The maximum Gasteiger partial charge on any atom is 0.243 e. The highest BCUT2D eigenvalue weighted by atomic mass is 79.9. The van der Waals surface area contributed by atoms with Crippen molar-refractivity contribution in [2.24, 2.45) is 0 Å². The van der Waals surface area contributed by atoms with Gasteiger partial charge >= 0.3 is 0 Å². The molecule has 0 atom stereocenters. The lowest BCUT2D eigenvalue weighted by Crippen LogP contribution is -2.51. The molecular formula is C16H24BrN3O3S. The Morgan fingerprint density at radius 3 is 2.38 bits per heavy atom. The van der Waals surface area contributed by atoms with Crippen molar-refractivity contribution >= 4 is 37.5 Å². The Balaban J connectivity index is 2.15. The molecule has 0 aliphatic carbocycles. The van der Waals surface area contributed by atoms with E-state index < -0.39 is 10.0 Å². The summed E-state index contributed by atoms with van der Waals surface area (Å²) in [5.41, 5.74) is 1.43. The van der Waals surface area contributed by atoms with Crippen molar-refractivity contribution in [2.75, 3.05) is 49.8 Å². The Morgan fingerprint density at radius 1 is 1.25 bits per heavy atom. The van der Waals surface area contributed by atoms with E-state index >= 15 is 0 Å². The second kappa shape index (κ2) is 7.84. The Labute approximate surface area is 152 Å². The maximum atomic E-state index is 12.6. The molecule has 6 nitrogen and oxygen atoms in total. The van der Waals surface area contributed by atoms with Crippen LogP contribution in [0.15, 0.2) is 22.7 Å². The minimum atomic E-state index is -3.54. The van der Waals surface area contributed by atoms with Gasteiger partial charge in [0.1, 0.15) is 6.54 Å². The molecule has 1 aliphatic heterocycles. The average molecular weight is 418 g/mol. The third-order valence-corrected chi connectivity index (χ3v) is 6.31. The van der Waals surface area contributed by atoms with Crippen LogP contribution in [0.4, 0.5) is 5.69 Å². The van der Waals surface area contributed by atoms with Crippen LogP contribution >= 0.6 is 15.9 Å². The third-order valence-electron chi connectivity index (χ3n) is 4.28. The van der Waals surface area contributed by atoms with Crippen molar-refractivity contribution in [1.82, 2.24) is 9.80 Å². The maximum absolute atomic E-state index is 12.6. The average Bonchev–Trinajstić information content (AvgIpc) is 2.54. The molecule has 1 aromatic rings. The summed E-state index contributed by atoms with van der Waals surface area (Å²) < 4.78 is 26.4. The number of carbonyl (C=O) groups is 1. The smallest absolute Gasteiger partial charge is 0.243 e. The molecule has 2 rings (SSSR count). The van der Waals surface area contributed by atoms with Crippen molar-refractivity contribution in [2.45, 2.75) is 13.8 Å². The summed E-state index contributed by atoms with van der Waals surface area (Å²) in [5.74, 6) is -0.156. The fourth-order valence-corrected chi connectivity index (χ4v) is 3.81. The van der Waals surface area contributed by atoms with E-state index in [9.17, 15) is 13.2 Å². The van der Waals surface area contributed by atoms with Crippen LogP contribution in [-0.2, 0) is 14.8 Å². The zero-order valence-corrected chi connectivity index (χ0v) is 16.7. The molecule has 0 bridgehead atoms. The van der Waals surface area contributed by atoms with Crippen LogP contribution in [-0.4, -0.2) is 69.6 Å². The van der Waals surface area contributed by atoms with Crippen LogP contribution in [0.3, 0.4) is 0 Å². The van der Waals surface area contributed by atoms with Gasteiger partial charge in [0, 0.05) is 30.7 Å². The molecule has 0 aromatic heterocycles. The first-order valence-corrected chi connectivity index (χ1v) is 10.6. The number of rotatable bonds is 5. The molecule has 24 heavy (non-hydrogen) atoms. The predicted octanol–water partition coefficient (Wildman–Crippen LogP) is 1.69. The van der Waals surface area contributed by atoms with Gasteiger partial charge in [-0.3, -0.25) is 9.10 Å². The van der Waals surface area contributed by atoms with Gasteiger partial charge in [-0.05, 0) is 37.2 Å². The second-order valence-corrected chi connectivity index (χ2v) is 8.78. The predicted molar refractivity (Wildman–Crippen MR) is 99.8 cm³/mol. The number of amides is 1. The summed E-state index contributed by atoms with van der Waals surface area (Å²) in [6.07, 6.45) is 1.13. The van der Waals surface area contributed by atoms with Gasteiger partial charge in [-0.15, -0.1) is 0 Å². The number of nitrogens with zero attached hydrogens (tertiary/aromatic N) is 3. The van der Waals surface area contributed by atoms with Gasteiger partial charge in [0.25, 0.3) is 0 Å². The van der Waals surface area contributed by atoms with Crippen molar-refractivity contribution < 1.29 is 13.2 Å². The first-order valence-electron chi connectivity index (χ1n) is 7.96. The first-order chi connectivity index (χ1) is 11.2. The molecule has 1 amide bonds. The molecule has 134 valence electrons. The van der Waals surface area contributed by atoms with Crippen LogP contribution in [0, 0.1) is 6.92 Å². The quantitative estimate of drug-likeness (QED) is 0.730. The van der Waals surface area contributed by atoms with E-state index in [1.807, 2.05) is 6.92 Å². The minimum absolute atomic E-state index is 0.156. The van der Waals surface area contributed by atoms with Crippen molar-refractivity contribution in [3.63, 3.8) is 0 Å². The molecule has 0 radical (unpaired) electrons. The summed E-state index contributed by atoms with van der Waals surface area (Å²) in [7, 11) is -3.54. The van der Waals surface area contributed by atoms with E-state index in [0.717, 1.165) is 35.9 Å². The van der Waals surface area contributed by atoms with Crippen molar-refractivity contribution in [3.05, 3.63) is 28.2 Å². The highest BCUT2D eigenvalue weighted by Crippen LogP contribution is 2.24. The Morgan fingerprint density at radius 2 is 1.88 bits per heavy atom. The lowest BCUT2D eigenvalue weighted by atomic mass is 10.2. The molecule has 1 aromatic carbocycles. The standard InChI is InChI=1S/C16H24BrN3O3S/c1-4-18-7-9-19(10-8-18)16(21)12-20(24(3,22)23)14-5-6-15(17)13(2)11-14/h5-6,11H,4,7-10,12H2,1-3H3. The van der Waals surface area contributed by atoms with Crippen LogP contribution in [0.5, 0.6) is 0 Å². The number of hydrogen-bond acceptors (Lipinski definition) is 4. The lowest BCUT2D eigenvalue weighted by molar-refractivity contribution is -0.131. The molecule has 8 heteroatoms. The number of carbonyl (C=O) groups excluding carboxylic acids is 1. The monoisotopic (exact) mass is 417 g/mol. The van der Waals surface area contributed by atoms with E-state index in [-0.39, 0.29) is 12.5 Å². The van der Waals surface area contributed by atoms with Crippen LogP contribution in [0.25, 0.3) is 0 Å². The number of benzene rings is 1. The van der Waals surface area contributed by atoms with Crippen LogP contribution < -0.4 is 4.31 Å². The van der Waals surface area contributed by atoms with E-state index in [0.29, 0.717) is 18.8 Å². The summed E-state index contributed by atoms with van der Waals surface area (Å²) >= 11 is 3.41. The van der Waals surface area contributed by atoms with Gasteiger partial charge in [-0.2, -0.15) is 0 Å². The molecule has 0 N–H and O–H groups in total. The molecule has 1 saturated heterocycles. The van der Waals surface area contributed by atoms with Gasteiger partial charge < -0.3 is 9.80 Å². The zero-order chi connectivity index (χ0) is 17.9. The van der Waals surface area contributed by atoms with E-state index in [1.54, 1.807) is 23.1 Å². The second-order valence-electron chi connectivity index (χ2n) is 6.02. The van der Waals surface area contributed by atoms with Gasteiger partial charge in [-0.25, -0.2) is 8.42 Å². The van der Waals surface area contributed by atoms with Gasteiger partial charge in [0.2, 0.25) is 15.9 Å². The lowest BCUT2D eigenvalue weighted by Gasteiger charge is -2.35. The number of halogens is 1. The third kappa shape index (κ3) is 4.70. The van der Waals surface area contributed by atoms with Gasteiger partial charge in [0.05, 0.1) is 11.9 Å². The van der Waals surface area contributed by atoms with E-state index in [4.69, 9.17) is 0 Å². The van der Waals surface area contributed by atoms with E-state index in [1.165, 1.54) is 4.31 Å². The molecule has 1 fully saturated rings. The summed E-state index contributed by atoms with van der Waals surface area (Å²) in [6, 6.07) is 5.28. The Hall–Kier alpha value is -1.12. The Bertz CT molecular complexity index is 701. The normalized spacial score (nSPS) is 16.2. The molecule has 0 saturated carbocycles. The summed E-state index contributed by atoms with van der Waals surface area (Å²) in [6.45, 7) is 7.74. The fourth-order valence-electron chi connectivity index (χ4n) is 2.72. The highest BCUT2D eigenvalue weighted by Gasteiger charge is 2.26. The topological polar surface area (TPSA) is 60.9 Å². The summed E-state index contributed by atoms with van der Waals surface area (Å²) in [4.78, 5) is 16.6. The number of piperazine rings is 1. The molecular weight excluding hydrogens is 394 g/mol. The first kappa shape index (κ1) is 19.2. The fraction of sp³-hybridized carbons (Fsp3) is 0.562. The highest BCUT2D eigenvalue weighted by molar-refractivity contribution is 9.10. The SMILES string of the molecule is CCN1CCN(C(=O)CN(c2ccc(Br)c(C)c2)S(C)(=O)=O)CC1. The van der Waals surface area contributed by atoms with Crippen LogP contribution in [0.2, 0.25) is 0 Å². The number of anilines is 1. The number of hydrogen-bond donors (Lipinski definition) is 0. The largest absolute Gasteiger partial charge is 0.339 e. The molecule has 1 aliphatic rings. The van der Waals surface area contributed by atoms with Crippen molar-refractivity contribution in [3.8, 4) is 0 Å². The van der Waals surface area contributed by atoms with E-state index in [2.05, 4.69) is 27.8 Å². The minimum Gasteiger partial charge on any atom is -0.339 e. The zero-order valence-electron chi connectivity index (χ0n) is 14.3. The molecule has 0 spiro atoms. The van der Waals surface area contributed by atoms with Crippen molar-refractivity contribution in [1.29, 1.82) is 0 Å². The number of sulfonamides is 1. The number of aryl methyl sites for hydroxylation is 1. The van der Waals surface area contributed by atoms with Crippen LogP contribution in [0.1, 0.15) is 12.5 Å². The van der Waals surface area contributed by atoms with Gasteiger partial charge in [-0.1, -0.05) is 22.9 Å². The number of likely N-dealkylation sites (N-methyl/N-ethyl adjacent to an activating group) is 1. The van der Waals surface area contributed by atoms with Gasteiger partial charge in [0.15, 0.2) is 0 Å². The summed E-state index contributed by atoms with van der Waals surface area (Å²) in [5, 5.41) is 0.